The number of H-pyrrole nitrogens is 1. The van der Waals surface area contributed by atoms with Gasteiger partial charge in [-0.05, 0) is 74.2 Å². The lowest BCUT2D eigenvalue weighted by atomic mass is 9.91. The van der Waals surface area contributed by atoms with E-state index in [1.807, 2.05) is 67.6 Å². The molecule has 4 heterocycles. The van der Waals surface area contributed by atoms with Gasteiger partial charge >= 0.3 is 0 Å². The van der Waals surface area contributed by atoms with Crippen LogP contribution in [0.3, 0.4) is 0 Å². The highest BCUT2D eigenvalue weighted by atomic mass is 16.5. The number of anilines is 2. The molecule has 4 N–H and O–H groups in total. The van der Waals surface area contributed by atoms with Crippen LogP contribution in [0.1, 0.15) is 76.0 Å². The van der Waals surface area contributed by atoms with Crippen molar-refractivity contribution < 1.29 is 38.5 Å². The molecule has 0 fully saturated rings. The third-order valence-electron chi connectivity index (χ3n) is 11.7. The zero-order chi connectivity index (χ0) is 48.7. The third kappa shape index (κ3) is 11.5. The van der Waals surface area contributed by atoms with Crippen LogP contribution >= 0.6 is 0 Å². The highest BCUT2D eigenvalue weighted by Gasteiger charge is 2.34. The Bertz CT molecular complexity index is 3000. The summed E-state index contributed by atoms with van der Waals surface area (Å²) in [6, 6.07) is 27.5. The highest BCUT2D eigenvalue weighted by molar-refractivity contribution is 6.03. The molecule has 0 aliphatic carbocycles. The molecule has 2 aliphatic heterocycles. The Hall–Kier alpha value is -8.32. The molecule has 2 aromatic heterocycles. The van der Waals surface area contributed by atoms with Crippen molar-refractivity contribution >= 4 is 35.0 Å². The van der Waals surface area contributed by atoms with Crippen LogP contribution in [0.4, 0.5) is 11.4 Å². The predicted molar refractivity (Wildman–Crippen MR) is 253 cm³/mol. The first-order valence-electron chi connectivity index (χ1n) is 22.1. The standard InChI is InChI=1S/C51H50N10O8/c1-50(66,22-20-35-16-18-39-42(27-35)69-31-38(48(64)59(39)3)53-46(62)44-52-32-61(58-44)29-36-14-10-7-11-15-36)24-25-51(2,67-5)23-21-34-17-19-41-40(26-34)60(4)49(65)37(30-68-41)54-47(63)45-55-43(56-57-45)28-33-12-8-6-9-13-33/h6-19,26-27,32,37-38,66H,24-25,28-31H2,1-5H3,(H,53,62)(H,54,63)(H,55,56,57)/t37-,38-,50?,51?/m1/s1. The molecule has 6 aromatic rings. The van der Waals surface area contributed by atoms with E-state index >= 15 is 0 Å². The summed E-state index contributed by atoms with van der Waals surface area (Å²) in [7, 11) is 4.73. The van der Waals surface area contributed by atoms with E-state index in [9.17, 15) is 24.3 Å². The fourth-order valence-corrected chi connectivity index (χ4v) is 7.49. The van der Waals surface area contributed by atoms with E-state index in [4.69, 9.17) is 14.2 Å². The van der Waals surface area contributed by atoms with Gasteiger partial charge in [0.25, 0.3) is 23.6 Å². The lowest BCUT2D eigenvalue weighted by Gasteiger charge is -2.25. The SMILES string of the molecule is COC(C)(C#Cc1ccc2c(c1)N(C)C(=O)[C@H](NC(=O)c1n[nH]c(Cc3ccccc3)n1)CO2)CCC(C)(O)C#Cc1ccc2c(c1)OC[C@@H](NC(=O)c1ncn(Cc3ccccc3)n1)C(=O)N2C. The Morgan fingerprint density at radius 2 is 1.39 bits per heavy atom. The number of carbonyl (C=O) groups excluding carboxylic acids is 4. The number of ether oxygens (including phenoxy) is 3. The number of hydrogen-bond acceptors (Lipinski definition) is 12. The highest BCUT2D eigenvalue weighted by Crippen LogP contribution is 2.33. The van der Waals surface area contributed by atoms with Crippen molar-refractivity contribution in [2.75, 3.05) is 44.2 Å². The van der Waals surface area contributed by atoms with Crippen LogP contribution in [-0.2, 0) is 27.3 Å². The van der Waals surface area contributed by atoms with Gasteiger partial charge in [0.05, 0.1) is 17.9 Å². The van der Waals surface area contributed by atoms with Crippen LogP contribution in [0, 0.1) is 23.7 Å². The largest absolute Gasteiger partial charge is 0.489 e. The molecule has 0 bridgehead atoms. The zero-order valence-corrected chi connectivity index (χ0v) is 38.6. The molecule has 0 saturated carbocycles. The van der Waals surface area contributed by atoms with Gasteiger partial charge in [-0.15, -0.1) is 10.2 Å². The smallest absolute Gasteiger partial charge is 0.291 e. The van der Waals surface area contributed by atoms with Gasteiger partial charge in [-0.1, -0.05) is 84.3 Å². The van der Waals surface area contributed by atoms with Gasteiger partial charge in [0.1, 0.15) is 60.2 Å². The number of likely N-dealkylation sites (N-methyl/N-ethyl adjacent to an activating group) is 2. The number of hydrogen-bond donors (Lipinski definition) is 4. The van der Waals surface area contributed by atoms with Gasteiger partial charge in [0.15, 0.2) is 0 Å². The van der Waals surface area contributed by atoms with Crippen LogP contribution in [0.2, 0.25) is 0 Å². The van der Waals surface area contributed by atoms with E-state index in [-0.39, 0.29) is 37.2 Å². The second-order valence-electron chi connectivity index (χ2n) is 17.1. The molecule has 0 saturated heterocycles. The summed E-state index contributed by atoms with van der Waals surface area (Å²) in [5.41, 5.74) is 1.62. The molecular weight excluding hydrogens is 881 g/mol. The topological polar surface area (TPSA) is 219 Å². The van der Waals surface area contributed by atoms with Crippen molar-refractivity contribution in [2.24, 2.45) is 0 Å². The fourth-order valence-electron chi connectivity index (χ4n) is 7.49. The average molecular weight is 931 g/mol. The van der Waals surface area contributed by atoms with Crippen LogP contribution in [0.15, 0.2) is 103 Å². The van der Waals surface area contributed by atoms with Crippen LogP contribution in [0.25, 0.3) is 0 Å². The number of carbonyl (C=O) groups is 4. The van der Waals surface area contributed by atoms with E-state index in [2.05, 4.69) is 59.6 Å². The van der Waals surface area contributed by atoms with Crippen molar-refractivity contribution in [3.8, 4) is 35.2 Å². The number of methoxy groups -OCH3 is 1. The number of aromatic amines is 1. The number of amides is 4. The maximum atomic E-state index is 13.6. The summed E-state index contributed by atoms with van der Waals surface area (Å²) < 4.78 is 19.4. The van der Waals surface area contributed by atoms with Crippen LogP contribution in [0.5, 0.6) is 11.5 Å². The van der Waals surface area contributed by atoms with E-state index in [0.717, 1.165) is 11.1 Å². The molecule has 18 heteroatoms. The summed E-state index contributed by atoms with van der Waals surface area (Å²) in [5, 5.41) is 27.9. The van der Waals surface area contributed by atoms with Gasteiger partial charge in [0.2, 0.25) is 11.6 Å². The molecule has 69 heavy (non-hydrogen) atoms. The summed E-state index contributed by atoms with van der Waals surface area (Å²) in [5.74, 6) is 11.5. The molecular formula is C51H50N10O8. The van der Waals surface area contributed by atoms with E-state index in [1.165, 1.54) is 23.2 Å². The van der Waals surface area contributed by atoms with Crippen molar-refractivity contribution in [1.29, 1.82) is 0 Å². The predicted octanol–water partition coefficient (Wildman–Crippen LogP) is 3.68. The van der Waals surface area contributed by atoms with E-state index in [1.54, 1.807) is 62.1 Å². The molecule has 0 radical (unpaired) electrons. The van der Waals surface area contributed by atoms with Crippen molar-refractivity contribution in [3.05, 3.63) is 143 Å². The normalized spacial score (nSPS) is 17.1. The summed E-state index contributed by atoms with van der Waals surface area (Å²) in [4.78, 5) is 64.5. The third-order valence-corrected chi connectivity index (χ3v) is 11.7. The molecule has 4 atom stereocenters. The Morgan fingerprint density at radius 3 is 2.09 bits per heavy atom. The fraction of sp³-hybridized carbons (Fsp3) is 0.294. The first-order chi connectivity index (χ1) is 33.2. The molecule has 2 unspecified atom stereocenters. The molecule has 2 aliphatic rings. The number of nitrogens with zero attached hydrogens (tertiary/aromatic N) is 7. The summed E-state index contributed by atoms with van der Waals surface area (Å²) in [6.07, 6.45) is 2.43. The minimum atomic E-state index is -1.45. The minimum Gasteiger partial charge on any atom is -0.489 e. The Morgan fingerprint density at radius 1 is 0.783 bits per heavy atom. The van der Waals surface area contributed by atoms with E-state index in [0.29, 0.717) is 59.2 Å². The van der Waals surface area contributed by atoms with Gasteiger partial charge < -0.3 is 39.8 Å². The van der Waals surface area contributed by atoms with Crippen LogP contribution in [-0.4, -0.2) is 116 Å². The van der Waals surface area contributed by atoms with Gasteiger partial charge in [-0.25, -0.2) is 14.6 Å². The van der Waals surface area contributed by atoms with E-state index < -0.39 is 41.0 Å². The first kappa shape index (κ1) is 47.2. The Kier molecular flexibility index (Phi) is 13.9. The number of benzene rings is 4. The quantitative estimate of drug-likeness (QED) is 0.129. The maximum absolute atomic E-state index is 13.6. The molecule has 352 valence electrons. The van der Waals surface area contributed by atoms with Gasteiger partial charge in [0, 0.05) is 38.8 Å². The molecule has 4 aromatic carbocycles. The summed E-state index contributed by atoms with van der Waals surface area (Å²) in [6.45, 7) is 3.59. The lowest BCUT2D eigenvalue weighted by molar-refractivity contribution is -0.121. The monoisotopic (exact) mass is 930 g/mol. The maximum Gasteiger partial charge on any atom is 0.291 e. The first-order valence-corrected chi connectivity index (χ1v) is 22.1. The number of fused-ring (bicyclic) bond motifs is 2. The van der Waals surface area contributed by atoms with Gasteiger partial charge in [-0.3, -0.25) is 24.3 Å². The Balaban J connectivity index is 0.857. The number of aliphatic hydroxyl groups is 1. The molecule has 8 rings (SSSR count). The number of nitrogens with one attached hydrogen (secondary N) is 3. The van der Waals surface area contributed by atoms with Crippen LogP contribution < -0.4 is 29.9 Å². The summed E-state index contributed by atoms with van der Waals surface area (Å²) >= 11 is 0. The van der Waals surface area contributed by atoms with Crippen molar-refractivity contribution in [3.63, 3.8) is 0 Å². The molecule has 18 nitrogen and oxygen atoms in total. The van der Waals surface area contributed by atoms with Gasteiger partial charge in [-0.2, -0.15) is 0 Å². The van der Waals surface area contributed by atoms with Crippen molar-refractivity contribution in [1.82, 2.24) is 40.6 Å². The second kappa shape index (κ2) is 20.3. The lowest BCUT2D eigenvalue weighted by Crippen LogP contribution is -2.49. The van der Waals surface area contributed by atoms with Crippen molar-refractivity contribution in [2.45, 2.75) is 62.9 Å². The average Bonchev–Trinajstić information content (AvgIpc) is 4.00. The minimum absolute atomic E-state index is 0.0729. The Labute approximate surface area is 398 Å². The molecule has 4 amide bonds. The number of rotatable bonds is 12. The zero-order valence-electron chi connectivity index (χ0n) is 38.6. The second-order valence-corrected chi connectivity index (χ2v) is 17.1. The molecule has 0 spiro atoms. The number of aromatic nitrogens is 6.